The predicted molar refractivity (Wildman–Crippen MR) is 78.2 cm³/mol. The minimum Gasteiger partial charge on any atom is -0.478 e. The Morgan fingerprint density at radius 2 is 2.10 bits per heavy atom. The first-order valence-corrected chi connectivity index (χ1v) is 6.68. The van der Waals surface area contributed by atoms with Crippen LogP contribution in [0.4, 0.5) is 0 Å². The van der Waals surface area contributed by atoms with Crippen molar-refractivity contribution >= 4 is 32.9 Å². The van der Waals surface area contributed by atoms with Gasteiger partial charge in [0.1, 0.15) is 11.6 Å². The fourth-order valence-corrected chi connectivity index (χ4v) is 2.38. The van der Waals surface area contributed by atoms with E-state index in [1.54, 1.807) is 24.3 Å². The first-order valence-electron chi connectivity index (χ1n) is 5.89. The van der Waals surface area contributed by atoms with Crippen LogP contribution in [-0.2, 0) is 0 Å². The van der Waals surface area contributed by atoms with Crippen molar-refractivity contribution in [3.8, 4) is 11.8 Å². The highest BCUT2D eigenvalue weighted by atomic mass is 79.9. The zero-order chi connectivity index (χ0) is 15.0. The van der Waals surface area contributed by atoms with Gasteiger partial charge in [-0.25, -0.2) is 9.48 Å². The maximum atomic E-state index is 11.0. The SMILES string of the molecule is N#Cc1cc(Br)ccc1-n1nnc2cc(C(=O)O)ccc21. The summed E-state index contributed by atoms with van der Waals surface area (Å²) in [5.74, 6) is -1.02. The average molecular weight is 343 g/mol. The number of halogens is 1. The van der Waals surface area contributed by atoms with Crippen LogP contribution >= 0.6 is 15.9 Å². The Bertz CT molecular complexity index is 911. The number of carbonyl (C=O) groups is 1. The van der Waals surface area contributed by atoms with Crippen molar-refractivity contribution in [1.29, 1.82) is 5.26 Å². The molecule has 0 atom stereocenters. The predicted octanol–water partition coefficient (Wildman–Crippen LogP) is 2.75. The molecule has 0 saturated carbocycles. The number of nitrogens with zero attached hydrogens (tertiary/aromatic N) is 4. The van der Waals surface area contributed by atoms with E-state index in [0.717, 1.165) is 4.47 Å². The molecule has 102 valence electrons. The van der Waals surface area contributed by atoms with Gasteiger partial charge < -0.3 is 5.11 Å². The van der Waals surface area contributed by atoms with Crippen LogP contribution < -0.4 is 0 Å². The van der Waals surface area contributed by atoms with E-state index in [0.29, 0.717) is 22.3 Å². The second kappa shape index (κ2) is 5.00. The summed E-state index contributed by atoms with van der Waals surface area (Å²) < 4.78 is 2.31. The Morgan fingerprint density at radius 3 is 2.81 bits per heavy atom. The van der Waals surface area contributed by atoms with Gasteiger partial charge in [-0.15, -0.1) is 5.10 Å². The number of rotatable bonds is 2. The quantitative estimate of drug-likeness (QED) is 0.772. The van der Waals surface area contributed by atoms with E-state index < -0.39 is 5.97 Å². The van der Waals surface area contributed by atoms with Gasteiger partial charge in [-0.1, -0.05) is 21.1 Å². The highest BCUT2D eigenvalue weighted by Crippen LogP contribution is 2.23. The molecule has 0 spiro atoms. The molecule has 7 heteroatoms. The molecule has 0 unspecified atom stereocenters. The minimum atomic E-state index is -1.02. The van der Waals surface area contributed by atoms with Gasteiger partial charge in [0.15, 0.2) is 0 Å². The summed E-state index contributed by atoms with van der Waals surface area (Å²) in [6.07, 6.45) is 0. The number of fused-ring (bicyclic) bond motifs is 1. The van der Waals surface area contributed by atoms with E-state index in [1.165, 1.54) is 16.8 Å². The van der Waals surface area contributed by atoms with Crippen molar-refractivity contribution in [3.63, 3.8) is 0 Å². The van der Waals surface area contributed by atoms with Crippen LogP contribution in [0.3, 0.4) is 0 Å². The maximum absolute atomic E-state index is 11.0. The topological polar surface area (TPSA) is 91.8 Å². The third-order valence-corrected chi connectivity index (χ3v) is 3.49. The summed E-state index contributed by atoms with van der Waals surface area (Å²) in [5, 5.41) is 26.2. The largest absolute Gasteiger partial charge is 0.478 e. The fraction of sp³-hybridized carbons (Fsp3) is 0. The lowest BCUT2D eigenvalue weighted by Crippen LogP contribution is -2.00. The highest BCUT2D eigenvalue weighted by molar-refractivity contribution is 9.10. The van der Waals surface area contributed by atoms with Crippen LogP contribution in [0.2, 0.25) is 0 Å². The van der Waals surface area contributed by atoms with Crippen LogP contribution in [0.25, 0.3) is 16.7 Å². The number of aromatic carboxylic acids is 1. The van der Waals surface area contributed by atoms with E-state index in [2.05, 4.69) is 32.3 Å². The molecule has 0 amide bonds. The third-order valence-electron chi connectivity index (χ3n) is 3.00. The van der Waals surface area contributed by atoms with Gasteiger partial charge in [-0.2, -0.15) is 5.26 Å². The maximum Gasteiger partial charge on any atom is 0.335 e. The van der Waals surface area contributed by atoms with Crippen molar-refractivity contribution in [3.05, 3.63) is 52.0 Å². The average Bonchev–Trinajstić information content (AvgIpc) is 2.89. The standard InChI is InChI=1S/C14H7BrN4O2/c15-10-2-4-12(9(5-10)7-16)19-13-3-1-8(14(20)21)6-11(13)17-18-19/h1-6H,(H,20,21). The molecular formula is C14H7BrN4O2. The second-order valence-electron chi connectivity index (χ2n) is 4.28. The zero-order valence-electron chi connectivity index (χ0n) is 10.5. The van der Waals surface area contributed by atoms with E-state index in [9.17, 15) is 10.1 Å². The Morgan fingerprint density at radius 1 is 1.29 bits per heavy atom. The number of aromatic nitrogens is 3. The third kappa shape index (κ3) is 2.26. The number of benzene rings is 2. The number of carboxylic acid groups (broad SMARTS) is 1. The van der Waals surface area contributed by atoms with Crippen LogP contribution in [0, 0.1) is 11.3 Å². The summed E-state index contributed by atoms with van der Waals surface area (Å²) in [6.45, 7) is 0. The monoisotopic (exact) mass is 342 g/mol. The fourth-order valence-electron chi connectivity index (χ4n) is 2.02. The Labute approximate surface area is 127 Å². The first kappa shape index (κ1) is 13.3. The molecule has 0 bridgehead atoms. The summed E-state index contributed by atoms with van der Waals surface area (Å²) in [4.78, 5) is 11.0. The van der Waals surface area contributed by atoms with Gasteiger partial charge in [0, 0.05) is 4.47 Å². The summed E-state index contributed by atoms with van der Waals surface area (Å²) in [5.41, 5.74) is 2.27. The summed E-state index contributed by atoms with van der Waals surface area (Å²) in [6, 6.07) is 11.9. The van der Waals surface area contributed by atoms with Gasteiger partial charge in [-0.3, -0.25) is 0 Å². The number of carboxylic acids is 1. The molecule has 0 aliphatic heterocycles. The first-order chi connectivity index (χ1) is 10.1. The Hall–Kier alpha value is -2.72. The molecule has 1 aromatic heterocycles. The normalized spacial score (nSPS) is 10.5. The van der Waals surface area contributed by atoms with Crippen molar-refractivity contribution in [2.75, 3.05) is 0 Å². The molecule has 3 aromatic rings. The van der Waals surface area contributed by atoms with E-state index in [-0.39, 0.29) is 5.56 Å². The number of nitriles is 1. The smallest absolute Gasteiger partial charge is 0.335 e. The summed E-state index contributed by atoms with van der Waals surface area (Å²) in [7, 11) is 0. The van der Waals surface area contributed by atoms with Crippen LogP contribution in [-0.4, -0.2) is 26.1 Å². The molecule has 21 heavy (non-hydrogen) atoms. The molecule has 0 radical (unpaired) electrons. The summed E-state index contributed by atoms with van der Waals surface area (Å²) >= 11 is 3.31. The van der Waals surface area contributed by atoms with Crippen LogP contribution in [0.1, 0.15) is 15.9 Å². The zero-order valence-corrected chi connectivity index (χ0v) is 12.1. The molecule has 1 heterocycles. The van der Waals surface area contributed by atoms with Gasteiger partial charge >= 0.3 is 5.97 Å². The minimum absolute atomic E-state index is 0.144. The van der Waals surface area contributed by atoms with Crippen molar-refractivity contribution in [2.45, 2.75) is 0 Å². The van der Waals surface area contributed by atoms with E-state index in [1.807, 2.05) is 0 Å². The van der Waals surface area contributed by atoms with E-state index in [4.69, 9.17) is 5.11 Å². The molecule has 0 fully saturated rings. The molecule has 2 aromatic carbocycles. The lowest BCUT2D eigenvalue weighted by molar-refractivity contribution is 0.0697. The molecular weight excluding hydrogens is 336 g/mol. The van der Waals surface area contributed by atoms with Crippen molar-refractivity contribution in [1.82, 2.24) is 15.0 Å². The number of hydrogen-bond acceptors (Lipinski definition) is 4. The number of hydrogen-bond donors (Lipinski definition) is 1. The second-order valence-corrected chi connectivity index (χ2v) is 5.20. The lowest BCUT2D eigenvalue weighted by Gasteiger charge is -2.05. The molecule has 0 aliphatic carbocycles. The van der Waals surface area contributed by atoms with Crippen molar-refractivity contribution < 1.29 is 9.90 Å². The molecule has 0 saturated heterocycles. The van der Waals surface area contributed by atoms with Crippen molar-refractivity contribution in [2.24, 2.45) is 0 Å². The lowest BCUT2D eigenvalue weighted by atomic mass is 10.1. The Balaban J connectivity index is 2.23. The molecule has 6 nitrogen and oxygen atoms in total. The molecule has 0 aliphatic rings. The molecule has 3 rings (SSSR count). The van der Waals surface area contributed by atoms with Crippen LogP contribution in [0.15, 0.2) is 40.9 Å². The van der Waals surface area contributed by atoms with E-state index >= 15 is 0 Å². The highest BCUT2D eigenvalue weighted by Gasteiger charge is 2.13. The van der Waals surface area contributed by atoms with Gasteiger partial charge in [0.25, 0.3) is 0 Å². The van der Waals surface area contributed by atoms with Crippen LogP contribution in [0.5, 0.6) is 0 Å². The molecule has 1 N–H and O–H groups in total. The van der Waals surface area contributed by atoms with Gasteiger partial charge in [0.05, 0.1) is 22.3 Å². The van der Waals surface area contributed by atoms with Gasteiger partial charge in [0.2, 0.25) is 0 Å². The van der Waals surface area contributed by atoms with Gasteiger partial charge in [-0.05, 0) is 36.4 Å². The Kier molecular flexibility index (Phi) is 3.16.